The van der Waals surface area contributed by atoms with Gasteiger partial charge in [0.05, 0.1) is 5.52 Å². The molecule has 1 aromatic heterocycles. The normalized spacial score (nSPS) is 11.0. The minimum Gasteiger partial charge on any atom is -0.505 e. The van der Waals surface area contributed by atoms with Crippen molar-refractivity contribution in [3.63, 3.8) is 0 Å². The second kappa shape index (κ2) is 6.56. The molecule has 130 valence electrons. The first-order chi connectivity index (χ1) is 12.6. The van der Waals surface area contributed by atoms with E-state index in [0.29, 0.717) is 12.3 Å². The lowest BCUT2D eigenvalue weighted by molar-refractivity contribution is 0.310. The molecule has 4 rings (SSSR count). The molecular formula is C22H18FNO2. The van der Waals surface area contributed by atoms with E-state index in [1.54, 1.807) is 6.07 Å². The van der Waals surface area contributed by atoms with E-state index < -0.39 is 5.82 Å². The van der Waals surface area contributed by atoms with Crippen molar-refractivity contribution in [1.82, 2.24) is 4.57 Å². The van der Waals surface area contributed by atoms with Crippen molar-refractivity contribution in [1.29, 1.82) is 0 Å². The molecule has 1 heterocycles. The fraction of sp³-hybridized carbons (Fsp3) is 0.0909. The van der Waals surface area contributed by atoms with Gasteiger partial charge < -0.3 is 14.4 Å². The second-order valence-corrected chi connectivity index (χ2v) is 6.22. The van der Waals surface area contributed by atoms with Crippen molar-refractivity contribution in [2.75, 3.05) is 0 Å². The van der Waals surface area contributed by atoms with Gasteiger partial charge in [0, 0.05) is 22.8 Å². The van der Waals surface area contributed by atoms with E-state index in [1.165, 1.54) is 12.1 Å². The molecule has 1 N–H and O–H groups in total. The van der Waals surface area contributed by atoms with Gasteiger partial charge in [-0.3, -0.25) is 0 Å². The van der Waals surface area contributed by atoms with Crippen LogP contribution in [0.2, 0.25) is 0 Å². The molecule has 4 aromatic rings. The summed E-state index contributed by atoms with van der Waals surface area (Å²) in [6, 6.07) is 22.3. The summed E-state index contributed by atoms with van der Waals surface area (Å²) in [4.78, 5) is 0. The standard InChI is InChI=1S/C22H18FNO2/c1-15-12-18-20(24(15)17-10-11-21(25)19(23)13-17)8-5-9-22(18)26-14-16-6-3-2-4-7-16/h2-13,25H,14H2,1H3. The van der Waals surface area contributed by atoms with Crippen LogP contribution in [0.25, 0.3) is 16.6 Å². The van der Waals surface area contributed by atoms with E-state index in [2.05, 4.69) is 0 Å². The number of aryl methyl sites for hydroxylation is 1. The number of nitrogens with zero attached hydrogens (tertiary/aromatic N) is 1. The summed E-state index contributed by atoms with van der Waals surface area (Å²) >= 11 is 0. The minimum atomic E-state index is -0.639. The molecule has 4 heteroatoms. The zero-order valence-electron chi connectivity index (χ0n) is 14.3. The van der Waals surface area contributed by atoms with Gasteiger partial charge in [-0.1, -0.05) is 36.4 Å². The Morgan fingerprint density at radius 2 is 1.77 bits per heavy atom. The van der Waals surface area contributed by atoms with Crippen LogP contribution in [0.3, 0.4) is 0 Å². The van der Waals surface area contributed by atoms with Gasteiger partial charge in [-0.2, -0.15) is 0 Å². The number of fused-ring (bicyclic) bond motifs is 1. The summed E-state index contributed by atoms with van der Waals surface area (Å²) in [5.41, 5.74) is 3.65. The number of aromatic hydroxyl groups is 1. The first-order valence-corrected chi connectivity index (χ1v) is 8.40. The smallest absolute Gasteiger partial charge is 0.166 e. The fourth-order valence-electron chi connectivity index (χ4n) is 3.17. The van der Waals surface area contributed by atoms with Crippen molar-refractivity contribution in [2.45, 2.75) is 13.5 Å². The maximum Gasteiger partial charge on any atom is 0.166 e. The van der Waals surface area contributed by atoms with E-state index in [1.807, 2.05) is 66.1 Å². The van der Waals surface area contributed by atoms with Gasteiger partial charge in [-0.25, -0.2) is 4.39 Å². The van der Waals surface area contributed by atoms with Gasteiger partial charge in [0.25, 0.3) is 0 Å². The summed E-state index contributed by atoms with van der Waals surface area (Å²) < 4.78 is 21.8. The third kappa shape index (κ3) is 2.90. The quantitative estimate of drug-likeness (QED) is 0.539. The number of aromatic nitrogens is 1. The SMILES string of the molecule is Cc1cc2c(OCc3ccccc3)cccc2n1-c1ccc(O)c(F)c1. The number of phenolic OH excluding ortho intramolecular Hbond substituents is 1. The first-order valence-electron chi connectivity index (χ1n) is 8.40. The molecule has 0 spiro atoms. The van der Waals surface area contributed by atoms with Crippen LogP contribution in [0.15, 0.2) is 72.8 Å². The van der Waals surface area contributed by atoms with E-state index in [0.717, 1.165) is 27.9 Å². The van der Waals surface area contributed by atoms with Gasteiger partial charge in [-0.15, -0.1) is 0 Å². The highest BCUT2D eigenvalue weighted by atomic mass is 19.1. The lowest BCUT2D eigenvalue weighted by Gasteiger charge is -2.11. The Labute approximate surface area is 150 Å². The van der Waals surface area contributed by atoms with E-state index >= 15 is 0 Å². The largest absolute Gasteiger partial charge is 0.505 e. The molecule has 0 aliphatic carbocycles. The van der Waals surface area contributed by atoms with Gasteiger partial charge in [0.1, 0.15) is 12.4 Å². The van der Waals surface area contributed by atoms with E-state index in [-0.39, 0.29) is 5.75 Å². The summed E-state index contributed by atoms with van der Waals surface area (Å²) in [7, 11) is 0. The zero-order valence-corrected chi connectivity index (χ0v) is 14.3. The van der Waals surface area contributed by atoms with Crippen molar-refractivity contribution in [2.24, 2.45) is 0 Å². The van der Waals surface area contributed by atoms with Gasteiger partial charge in [0.15, 0.2) is 11.6 Å². The monoisotopic (exact) mass is 347 g/mol. The second-order valence-electron chi connectivity index (χ2n) is 6.22. The third-order valence-electron chi connectivity index (χ3n) is 4.42. The van der Waals surface area contributed by atoms with Gasteiger partial charge >= 0.3 is 0 Å². The lowest BCUT2D eigenvalue weighted by atomic mass is 10.2. The molecule has 0 fully saturated rings. The predicted molar refractivity (Wildman–Crippen MR) is 100 cm³/mol. The van der Waals surface area contributed by atoms with Crippen molar-refractivity contribution >= 4 is 10.9 Å². The molecule has 0 atom stereocenters. The Morgan fingerprint density at radius 1 is 0.962 bits per heavy atom. The molecule has 0 unspecified atom stereocenters. The van der Waals surface area contributed by atoms with Crippen LogP contribution in [-0.2, 0) is 6.61 Å². The molecule has 0 amide bonds. The number of rotatable bonds is 4. The molecule has 3 aromatic carbocycles. The number of phenols is 1. The molecule has 0 saturated heterocycles. The number of ether oxygens (including phenoxy) is 1. The van der Waals surface area contributed by atoms with Crippen molar-refractivity contribution in [3.05, 3.63) is 89.9 Å². The Balaban J connectivity index is 1.75. The fourth-order valence-corrected chi connectivity index (χ4v) is 3.17. The summed E-state index contributed by atoms with van der Waals surface area (Å²) in [5, 5.41) is 10.4. The highest BCUT2D eigenvalue weighted by Gasteiger charge is 2.13. The van der Waals surface area contributed by atoms with Crippen LogP contribution in [0.4, 0.5) is 4.39 Å². The minimum absolute atomic E-state index is 0.352. The maximum absolute atomic E-state index is 13.8. The molecule has 0 saturated carbocycles. The number of hydrogen-bond donors (Lipinski definition) is 1. The first kappa shape index (κ1) is 16.2. The molecule has 0 radical (unpaired) electrons. The molecule has 0 bridgehead atoms. The van der Waals surface area contributed by atoms with Gasteiger partial charge in [0.2, 0.25) is 0 Å². The van der Waals surface area contributed by atoms with Crippen molar-refractivity contribution < 1.29 is 14.2 Å². The van der Waals surface area contributed by atoms with Crippen LogP contribution in [0.1, 0.15) is 11.3 Å². The predicted octanol–water partition coefficient (Wildman–Crippen LogP) is 5.36. The zero-order chi connectivity index (χ0) is 18.1. The van der Waals surface area contributed by atoms with Crippen molar-refractivity contribution in [3.8, 4) is 17.2 Å². The Kier molecular flexibility index (Phi) is 4.09. The van der Waals surface area contributed by atoms with Crippen LogP contribution in [0.5, 0.6) is 11.5 Å². The van der Waals surface area contributed by atoms with E-state index in [4.69, 9.17) is 4.74 Å². The van der Waals surface area contributed by atoms with Gasteiger partial charge in [-0.05, 0) is 42.8 Å². The molecule has 26 heavy (non-hydrogen) atoms. The molecule has 0 aliphatic rings. The van der Waals surface area contributed by atoms with Crippen LogP contribution < -0.4 is 4.74 Å². The summed E-state index contributed by atoms with van der Waals surface area (Å²) in [5.74, 6) is -0.206. The Bertz CT molecular complexity index is 1070. The maximum atomic E-state index is 13.8. The topological polar surface area (TPSA) is 34.4 Å². The summed E-state index contributed by atoms with van der Waals surface area (Å²) in [6.07, 6.45) is 0. The average Bonchev–Trinajstić information content (AvgIpc) is 2.99. The van der Waals surface area contributed by atoms with Crippen LogP contribution in [0, 0.1) is 12.7 Å². The number of hydrogen-bond acceptors (Lipinski definition) is 2. The third-order valence-corrected chi connectivity index (χ3v) is 4.42. The van der Waals surface area contributed by atoms with Crippen LogP contribution >= 0.6 is 0 Å². The Hall–Kier alpha value is -3.27. The lowest BCUT2D eigenvalue weighted by Crippen LogP contribution is -1.98. The Morgan fingerprint density at radius 3 is 2.54 bits per heavy atom. The number of benzene rings is 3. The number of halogens is 1. The highest BCUT2D eigenvalue weighted by Crippen LogP contribution is 2.32. The van der Waals surface area contributed by atoms with Crippen LogP contribution in [-0.4, -0.2) is 9.67 Å². The highest BCUT2D eigenvalue weighted by molar-refractivity contribution is 5.89. The average molecular weight is 347 g/mol. The van der Waals surface area contributed by atoms with E-state index in [9.17, 15) is 9.50 Å². The molecule has 0 aliphatic heterocycles. The summed E-state index contributed by atoms with van der Waals surface area (Å²) in [6.45, 7) is 2.45. The molecule has 3 nitrogen and oxygen atoms in total. The molecular weight excluding hydrogens is 329 g/mol.